The Labute approximate surface area is 175 Å². The minimum absolute atomic E-state index is 0.0600. The number of carbonyl (C=O) groups is 2. The Hall–Kier alpha value is -2.80. The standard InChI is InChI=1S/C22H25N3O3S/c1-4-11-28-18-8-6-5-7-16(18)23-20(26)13-19-21(27)25-22(29-19)24-17-12-14(2)9-10-15(17)3/h5-10,12,19H,4,11,13H2,1-3H3,(H,23,26)(H,24,25,27)/t19-/m1/s1. The summed E-state index contributed by atoms with van der Waals surface area (Å²) in [5.41, 5.74) is 3.56. The van der Waals surface area contributed by atoms with Crippen LogP contribution in [-0.2, 0) is 9.59 Å². The number of amidine groups is 1. The van der Waals surface area contributed by atoms with E-state index in [9.17, 15) is 9.59 Å². The van der Waals surface area contributed by atoms with Crippen molar-refractivity contribution in [2.45, 2.75) is 38.9 Å². The lowest BCUT2D eigenvalue weighted by Gasteiger charge is -2.12. The van der Waals surface area contributed by atoms with Crippen LogP contribution in [0.5, 0.6) is 5.75 Å². The molecular formula is C22H25N3O3S. The lowest BCUT2D eigenvalue weighted by Crippen LogP contribution is -2.28. The van der Waals surface area contributed by atoms with Crippen LogP contribution in [0.1, 0.15) is 30.9 Å². The van der Waals surface area contributed by atoms with E-state index in [1.165, 1.54) is 11.8 Å². The Kier molecular flexibility index (Phi) is 6.93. The maximum absolute atomic E-state index is 12.5. The molecule has 2 amide bonds. The molecule has 3 rings (SSSR count). The van der Waals surface area contributed by atoms with E-state index in [2.05, 4.69) is 15.6 Å². The van der Waals surface area contributed by atoms with Gasteiger partial charge in [-0.25, -0.2) is 4.99 Å². The second kappa shape index (κ2) is 9.60. The Morgan fingerprint density at radius 1 is 1.24 bits per heavy atom. The number of ether oxygens (including phenoxy) is 1. The van der Waals surface area contributed by atoms with Gasteiger partial charge in [0.2, 0.25) is 11.8 Å². The number of aryl methyl sites for hydroxylation is 2. The summed E-state index contributed by atoms with van der Waals surface area (Å²) >= 11 is 1.28. The van der Waals surface area contributed by atoms with Gasteiger partial charge in [0.1, 0.15) is 11.0 Å². The van der Waals surface area contributed by atoms with E-state index in [0.717, 1.165) is 23.2 Å². The minimum atomic E-state index is -0.511. The molecule has 1 heterocycles. The number of para-hydroxylation sites is 2. The fourth-order valence-electron chi connectivity index (χ4n) is 2.82. The number of nitrogens with zero attached hydrogens (tertiary/aromatic N) is 1. The smallest absolute Gasteiger partial charge is 0.240 e. The molecule has 1 fully saturated rings. The molecule has 152 valence electrons. The van der Waals surface area contributed by atoms with Crippen LogP contribution in [0.15, 0.2) is 47.5 Å². The number of aliphatic imine (C=N–C) groups is 1. The first-order valence-electron chi connectivity index (χ1n) is 9.61. The maximum atomic E-state index is 12.5. The van der Waals surface area contributed by atoms with E-state index in [-0.39, 0.29) is 18.2 Å². The molecule has 2 aromatic carbocycles. The van der Waals surface area contributed by atoms with Crippen LogP contribution >= 0.6 is 11.8 Å². The highest BCUT2D eigenvalue weighted by Gasteiger charge is 2.32. The van der Waals surface area contributed by atoms with E-state index in [0.29, 0.717) is 23.2 Å². The van der Waals surface area contributed by atoms with E-state index < -0.39 is 5.25 Å². The number of anilines is 1. The SMILES string of the molecule is CCCOc1ccccc1NC(=O)C[C@H]1SC(=Nc2cc(C)ccc2C)NC1=O. The number of nitrogens with one attached hydrogen (secondary N) is 2. The van der Waals surface area contributed by atoms with Gasteiger partial charge < -0.3 is 15.4 Å². The Balaban J connectivity index is 1.64. The molecule has 7 heteroatoms. The normalized spacial score (nSPS) is 17.3. The number of rotatable bonds is 7. The zero-order valence-electron chi connectivity index (χ0n) is 16.8. The van der Waals surface area contributed by atoms with E-state index in [1.807, 2.05) is 57.2 Å². The lowest BCUT2D eigenvalue weighted by molar-refractivity contribution is -0.122. The molecule has 0 unspecified atom stereocenters. The van der Waals surface area contributed by atoms with Crippen molar-refractivity contribution in [2.75, 3.05) is 11.9 Å². The van der Waals surface area contributed by atoms with Crippen LogP contribution in [0, 0.1) is 13.8 Å². The predicted molar refractivity (Wildman–Crippen MR) is 118 cm³/mol. The van der Waals surface area contributed by atoms with E-state index in [4.69, 9.17) is 4.74 Å². The first kappa shape index (κ1) is 20.9. The summed E-state index contributed by atoms with van der Waals surface area (Å²) in [4.78, 5) is 29.4. The van der Waals surface area contributed by atoms with E-state index in [1.54, 1.807) is 6.07 Å². The number of benzene rings is 2. The number of hydrogen-bond acceptors (Lipinski definition) is 5. The first-order valence-corrected chi connectivity index (χ1v) is 10.5. The number of thioether (sulfide) groups is 1. The lowest BCUT2D eigenvalue weighted by atomic mass is 10.1. The topological polar surface area (TPSA) is 79.8 Å². The van der Waals surface area contributed by atoms with Crippen molar-refractivity contribution < 1.29 is 14.3 Å². The number of hydrogen-bond donors (Lipinski definition) is 2. The molecule has 0 aliphatic carbocycles. The summed E-state index contributed by atoms with van der Waals surface area (Å²) in [6.45, 7) is 6.57. The van der Waals surface area contributed by atoms with E-state index >= 15 is 0 Å². The molecule has 0 saturated carbocycles. The second-order valence-corrected chi connectivity index (χ2v) is 8.09. The molecule has 0 bridgehead atoms. The summed E-state index contributed by atoms with van der Waals surface area (Å²) in [6, 6.07) is 13.3. The Morgan fingerprint density at radius 2 is 2.03 bits per heavy atom. The van der Waals surface area contributed by atoms with Crippen LogP contribution in [-0.4, -0.2) is 28.8 Å². The highest BCUT2D eigenvalue weighted by molar-refractivity contribution is 8.15. The van der Waals surface area contributed by atoms with Gasteiger partial charge in [-0.05, 0) is 49.6 Å². The average Bonchev–Trinajstić information content (AvgIpc) is 3.02. The largest absolute Gasteiger partial charge is 0.491 e. The van der Waals surface area contributed by atoms with Gasteiger partial charge in [0.05, 0.1) is 18.0 Å². The van der Waals surface area contributed by atoms with Gasteiger partial charge >= 0.3 is 0 Å². The summed E-state index contributed by atoms with van der Waals surface area (Å²) in [5, 5.41) is 5.64. The van der Waals surface area contributed by atoms with Crippen molar-refractivity contribution in [2.24, 2.45) is 4.99 Å². The third-order valence-electron chi connectivity index (χ3n) is 4.36. The molecule has 29 heavy (non-hydrogen) atoms. The molecule has 1 aliphatic rings. The Morgan fingerprint density at radius 3 is 2.83 bits per heavy atom. The zero-order valence-corrected chi connectivity index (χ0v) is 17.6. The monoisotopic (exact) mass is 411 g/mol. The van der Waals surface area contributed by atoms with Gasteiger partial charge in [-0.1, -0.05) is 43.0 Å². The van der Waals surface area contributed by atoms with Crippen molar-refractivity contribution in [3.63, 3.8) is 0 Å². The molecule has 0 radical (unpaired) electrons. The zero-order chi connectivity index (χ0) is 20.8. The minimum Gasteiger partial charge on any atom is -0.491 e. The molecule has 0 spiro atoms. The summed E-state index contributed by atoms with van der Waals surface area (Å²) in [6.07, 6.45) is 0.939. The molecule has 1 aliphatic heterocycles. The van der Waals surface area contributed by atoms with Crippen LogP contribution in [0.3, 0.4) is 0 Å². The van der Waals surface area contributed by atoms with Crippen molar-refractivity contribution >= 4 is 40.1 Å². The first-order chi connectivity index (χ1) is 14.0. The van der Waals surface area contributed by atoms with Gasteiger partial charge in [0.25, 0.3) is 0 Å². The summed E-state index contributed by atoms with van der Waals surface area (Å²) < 4.78 is 5.66. The highest BCUT2D eigenvalue weighted by atomic mass is 32.2. The maximum Gasteiger partial charge on any atom is 0.240 e. The molecule has 2 N–H and O–H groups in total. The van der Waals surface area contributed by atoms with Gasteiger partial charge in [-0.3, -0.25) is 9.59 Å². The summed E-state index contributed by atoms with van der Waals surface area (Å²) in [7, 11) is 0. The van der Waals surface area contributed by atoms with Gasteiger partial charge in [0.15, 0.2) is 5.17 Å². The fourth-order valence-corrected chi connectivity index (χ4v) is 3.80. The average molecular weight is 412 g/mol. The number of carbonyl (C=O) groups excluding carboxylic acids is 2. The molecule has 0 aromatic heterocycles. The van der Waals surface area contributed by atoms with Crippen molar-refractivity contribution in [3.8, 4) is 5.75 Å². The molecule has 6 nitrogen and oxygen atoms in total. The van der Waals surface area contributed by atoms with Crippen LogP contribution < -0.4 is 15.4 Å². The number of amides is 2. The van der Waals surface area contributed by atoms with Gasteiger partial charge in [0, 0.05) is 6.42 Å². The van der Waals surface area contributed by atoms with Crippen molar-refractivity contribution in [3.05, 3.63) is 53.6 Å². The molecule has 1 saturated heterocycles. The molecule has 1 atom stereocenters. The van der Waals surface area contributed by atoms with Crippen LogP contribution in [0.4, 0.5) is 11.4 Å². The van der Waals surface area contributed by atoms with Gasteiger partial charge in [-0.2, -0.15) is 0 Å². The van der Waals surface area contributed by atoms with Crippen LogP contribution in [0.25, 0.3) is 0 Å². The van der Waals surface area contributed by atoms with Crippen molar-refractivity contribution in [1.82, 2.24) is 5.32 Å². The van der Waals surface area contributed by atoms with Crippen molar-refractivity contribution in [1.29, 1.82) is 0 Å². The molecular weight excluding hydrogens is 386 g/mol. The third-order valence-corrected chi connectivity index (χ3v) is 5.44. The van der Waals surface area contributed by atoms with Gasteiger partial charge in [-0.15, -0.1) is 0 Å². The third kappa shape index (κ3) is 5.60. The predicted octanol–water partition coefficient (Wildman–Crippen LogP) is 4.34. The Bertz CT molecular complexity index is 943. The quantitative estimate of drug-likeness (QED) is 0.710. The second-order valence-electron chi connectivity index (χ2n) is 6.90. The molecule has 2 aromatic rings. The van der Waals surface area contributed by atoms with Crippen LogP contribution in [0.2, 0.25) is 0 Å². The highest BCUT2D eigenvalue weighted by Crippen LogP contribution is 2.29. The fraction of sp³-hybridized carbons (Fsp3) is 0.318. The summed E-state index contributed by atoms with van der Waals surface area (Å²) in [5.74, 6) is 0.186.